The number of hydrogen-bond donors (Lipinski definition) is 0. The average Bonchev–Trinajstić information content (AvgIpc) is 3.42. The Labute approximate surface area is 174 Å². The van der Waals surface area contributed by atoms with Gasteiger partial charge in [-0.15, -0.1) is 0 Å². The lowest BCUT2D eigenvalue weighted by Gasteiger charge is -2.26. The van der Waals surface area contributed by atoms with Gasteiger partial charge in [-0.05, 0) is 43.0 Å². The summed E-state index contributed by atoms with van der Waals surface area (Å²) in [5.74, 6) is 0.508. The van der Waals surface area contributed by atoms with Gasteiger partial charge in [0, 0.05) is 30.9 Å². The second-order valence-electron chi connectivity index (χ2n) is 8.27. The second kappa shape index (κ2) is 9.13. The number of carbonyl (C=O) groups is 1. The van der Waals surface area contributed by atoms with Crippen molar-refractivity contribution in [3.05, 3.63) is 95.3 Å². The summed E-state index contributed by atoms with van der Waals surface area (Å²) in [5, 5.41) is 0. The van der Waals surface area contributed by atoms with Crippen LogP contribution in [0.4, 0.5) is 0 Å². The molecule has 3 nitrogen and oxygen atoms in total. The van der Waals surface area contributed by atoms with Crippen molar-refractivity contribution >= 4 is 5.91 Å². The maximum absolute atomic E-state index is 13.3. The number of aryl methyl sites for hydroxylation is 1. The van der Waals surface area contributed by atoms with E-state index in [1.807, 2.05) is 18.2 Å². The summed E-state index contributed by atoms with van der Waals surface area (Å²) in [6, 6.07) is 23.3. The maximum Gasteiger partial charge on any atom is 0.226 e. The third-order valence-corrected chi connectivity index (χ3v) is 5.98. The van der Waals surface area contributed by atoms with E-state index in [9.17, 15) is 4.79 Å². The lowest BCUT2D eigenvalue weighted by atomic mass is 10.1. The Kier molecular flexibility index (Phi) is 6.14. The first-order valence-corrected chi connectivity index (χ1v) is 10.7. The maximum atomic E-state index is 13.3. The van der Waals surface area contributed by atoms with Crippen molar-refractivity contribution < 1.29 is 4.79 Å². The molecule has 2 aromatic carbocycles. The first-order valence-electron chi connectivity index (χ1n) is 10.7. The SMILES string of the molecule is Cc1ccc(Cn2cccc2CN(Cc2ccccc2)C(=O)C2CCCC2)cc1. The summed E-state index contributed by atoms with van der Waals surface area (Å²) in [7, 11) is 0. The van der Waals surface area contributed by atoms with Crippen LogP contribution in [-0.2, 0) is 24.4 Å². The normalized spacial score (nSPS) is 14.2. The summed E-state index contributed by atoms with van der Waals surface area (Å²) in [6.07, 6.45) is 6.55. The van der Waals surface area contributed by atoms with E-state index in [2.05, 4.69) is 71.1 Å². The van der Waals surface area contributed by atoms with E-state index < -0.39 is 0 Å². The number of benzene rings is 2. The highest BCUT2D eigenvalue weighted by molar-refractivity contribution is 5.79. The van der Waals surface area contributed by atoms with Crippen LogP contribution in [0.1, 0.15) is 48.1 Å². The van der Waals surface area contributed by atoms with Crippen LogP contribution in [0.2, 0.25) is 0 Å². The fourth-order valence-corrected chi connectivity index (χ4v) is 4.28. The van der Waals surface area contributed by atoms with E-state index in [4.69, 9.17) is 0 Å². The molecule has 3 heteroatoms. The predicted molar refractivity (Wildman–Crippen MR) is 117 cm³/mol. The molecule has 1 aliphatic rings. The minimum absolute atomic E-state index is 0.194. The largest absolute Gasteiger partial charge is 0.345 e. The number of aromatic nitrogens is 1. The molecule has 1 aliphatic carbocycles. The van der Waals surface area contributed by atoms with Crippen LogP contribution in [0.3, 0.4) is 0 Å². The van der Waals surface area contributed by atoms with E-state index in [0.717, 1.165) is 19.4 Å². The molecule has 1 amide bonds. The van der Waals surface area contributed by atoms with Crippen LogP contribution < -0.4 is 0 Å². The second-order valence-corrected chi connectivity index (χ2v) is 8.27. The van der Waals surface area contributed by atoms with Gasteiger partial charge in [0.15, 0.2) is 0 Å². The third-order valence-electron chi connectivity index (χ3n) is 5.98. The van der Waals surface area contributed by atoms with E-state index in [1.165, 1.54) is 35.2 Å². The van der Waals surface area contributed by atoms with E-state index in [-0.39, 0.29) is 5.92 Å². The van der Waals surface area contributed by atoms with E-state index >= 15 is 0 Å². The molecular weight excluding hydrogens is 356 g/mol. The summed E-state index contributed by atoms with van der Waals surface area (Å²) >= 11 is 0. The number of nitrogens with zero attached hydrogens (tertiary/aromatic N) is 2. The predicted octanol–water partition coefficient (Wildman–Crippen LogP) is 5.56. The summed E-state index contributed by atoms with van der Waals surface area (Å²) in [6.45, 7) is 4.27. The summed E-state index contributed by atoms with van der Waals surface area (Å²) < 4.78 is 2.27. The van der Waals surface area contributed by atoms with Crippen molar-refractivity contribution in [3.63, 3.8) is 0 Å². The van der Waals surface area contributed by atoms with Crippen molar-refractivity contribution in [1.82, 2.24) is 9.47 Å². The molecule has 1 heterocycles. The van der Waals surface area contributed by atoms with E-state index in [0.29, 0.717) is 19.0 Å². The Morgan fingerprint density at radius 1 is 0.897 bits per heavy atom. The lowest BCUT2D eigenvalue weighted by Crippen LogP contribution is -2.35. The molecule has 1 saturated carbocycles. The fraction of sp³-hybridized carbons (Fsp3) is 0.346. The van der Waals surface area contributed by atoms with Crippen LogP contribution in [0.25, 0.3) is 0 Å². The highest BCUT2D eigenvalue weighted by atomic mass is 16.2. The highest BCUT2D eigenvalue weighted by Crippen LogP contribution is 2.28. The Balaban J connectivity index is 1.53. The van der Waals surface area contributed by atoms with Gasteiger partial charge < -0.3 is 9.47 Å². The van der Waals surface area contributed by atoms with Crippen molar-refractivity contribution in [2.24, 2.45) is 5.92 Å². The van der Waals surface area contributed by atoms with Gasteiger partial charge in [0.1, 0.15) is 0 Å². The van der Waals surface area contributed by atoms with Crippen LogP contribution in [0.15, 0.2) is 72.9 Å². The topological polar surface area (TPSA) is 25.2 Å². The van der Waals surface area contributed by atoms with Crippen LogP contribution >= 0.6 is 0 Å². The molecule has 1 aromatic heterocycles. The summed E-state index contributed by atoms with van der Waals surface area (Å²) in [4.78, 5) is 15.4. The molecule has 0 spiro atoms. The van der Waals surface area contributed by atoms with Crippen molar-refractivity contribution in [2.45, 2.75) is 52.2 Å². The molecule has 4 rings (SSSR count). The lowest BCUT2D eigenvalue weighted by molar-refractivity contribution is -0.136. The van der Waals surface area contributed by atoms with Gasteiger partial charge in [0.2, 0.25) is 5.91 Å². The van der Waals surface area contributed by atoms with Crippen molar-refractivity contribution in [2.75, 3.05) is 0 Å². The summed E-state index contributed by atoms with van der Waals surface area (Å²) in [5.41, 5.74) is 4.94. The molecule has 0 aliphatic heterocycles. The van der Waals surface area contributed by atoms with Crippen LogP contribution in [-0.4, -0.2) is 15.4 Å². The van der Waals surface area contributed by atoms with Gasteiger partial charge in [-0.1, -0.05) is 73.0 Å². The molecular formula is C26H30N2O. The molecule has 0 unspecified atom stereocenters. The van der Waals surface area contributed by atoms with E-state index in [1.54, 1.807) is 0 Å². The standard InChI is InChI=1S/C26H30N2O/c1-21-13-15-23(16-14-21)18-27-17-7-12-25(27)20-28(19-22-8-3-2-4-9-22)26(29)24-10-5-6-11-24/h2-4,7-9,12-17,24H,5-6,10-11,18-20H2,1H3. The smallest absolute Gasteiger partial charge is 0.226 e. The first-order chi connectivity index (χ1) is 14.2. The Morgan fingerprint density at radius 3 is 2.34 bits per heavy atom. The molecule has 0 radical (unpaired) electrons. The van der Waals surface area contributed by atoms with Gasteiger partial charge in [-0.3, -0.25) is 4.79 Å². The van der Waals surface area contributed by atoms with Gasteiger partial charge in [0.05, 0.1) is 6.54 Å². The number of carbonyl (C=O) groups excluding carboxylic acids is 1. The monoisotopic (exact) mass is 386 g/mol. The fourth-order valence-electron chi connectivity index (χ4n) is 4.28. The zero-order valence-electron chi connectivity index (χ0n) is 17.3. The first kappa shape index (κ1) is 19.5. The highest BCUT2D eigenvalue weighted by Gasteiger charge is 2.27. The Morgan fingerprint density at radius 2 is 1.62 bits per heavy atom. The minimum atomic E-state index is 0.194. The van der Waals surface area contributed by atoms with Crippen molar-refractivity contribution in [1.29, 1.82) is 0 Å². The minimum Gasteiger partial charge on any atom is -0.345 e. The molecule has 1 fully saturated rings. The third kappa shape index (κ3) is 4.97. The molecule has 0 saturated heterocycles. The van der Waals surface area contributed by atoms with Gasteiger partial charge in [-0.25, -0.2) is 0 Å². The molecule has 0 N–H and O–H groups in total. The van der Waals surface area contributed by atoms with Crippen molar-refractivity contribution in [3.8, 4) is 0 Å². The quantitative estimate of drug-likeness (QED) is 0.521. The zero-order chi connectivity index (χ0) is 20.1. The Bertz CT molecular complexity index is 921. The van der Waals surface area contributed by atoms with Crippen LogP contribution in [0, 0.1) is 12.8 Å². The molecule has 0 bridgehead atoms. The number of amides is 1. The van der Waals surface area contributed by atoms with Gasteiger partial charge in [-0.2, -0.15) is 0 Å². The van der Waals surface area contributed by atoms with Crippen LogP contribution in [0.5, 0.6) is 0 Å². The number of hydrogen-bond acceptors (Lipinski definition) is 1. The Hall–Kier alpha value is -2.81. The molecule has 3 aromatic rings. The van der Waals surface area contributed by atoms with Gasteiger partial charge in [0.25, 0.3) is 0 Å². The molecule has 0 atom stereocenters. The molecule has 29 heavy (non-hydrogen) atoms. The molecule has 150 valence electrons. The average molecular weight is 387 g/mol. The number of rotatable bonds is 7. The van der Waals surface area contributed by atoms with Gasteiger partial charge >= 0.3 is 0 Å². The zero-order valence-corrected chi connectivity index (χ0v) is 17.3.